The van der Waals surface area contributed by atoms with Crippen molar-refractivity contribution in [1.82, 2.24) is 10.6 Å². The first-order valence-electron chi connectivity index (χ1n) is 5.78. The van der Waals surface area contributed by atoms with Gasteiger partial charge in [-0.15, -0.1) is 0 Å². The van der Waals surface area contributed by atoms with E-state index in [9.17, 15) is 8.42 Å². The molecule has 1 unspecified atom stereocenters. The molecule has 1 aliphatic heterocycles. The first-order chi connectivity index (χ1) is 7.53. The van der Waals surface area contributed by atoms with E-state index >= 15 is 0 Å². The first kappa shape index (κ1) is 13.7. The molecule has 16 heavy (non-hydrogen) atoms. The Kier molecular flexibility index (Phi) is 5.48. The fraction of sp³-hybridized carbons (Fsp3) is 0.900. The van der Waals surface area contributed by atoms with E-state index in [2.05, 4.69) is 17.6 Å². The molecule has 1 heterocycles. The number of sulfone groups is 1. The molecule has 0 aromatic carbocycles. The summed E-state index contributed by atoms with van der Waals surface area (Å²) in [5.41, 5.74) is 0. The van der Waals surface area contributed by atoms with Crippen molar-refractivity contribution >= 4 is 27.2 Å². The second-order valence-corrected chi connectivity index (χ2v) is 6.84. The zero-order chi connectivity index (χ0) is 12.0. The monoisotopic (exact) mass is 264 g/mol. The van der Waals surface area contributed by atoms with Crippen molar-refractivity contribution in [2.24, 2.45) is 0 Å². The number of rotatable bonds is 4. The van der Waals surface area contributed by atoms with Gasteiger partial charge in [0.1, 0.15) is 0 Å². The second-order valence-electron chi connectivity index (χ2n) is 4.21. The van der Waals surface area contributed by atoms with Gasteiger partial charge >= 0.3 is 0 Å². The first-order valence-corrected chi connectivity index (χ1v) is 8.01. The number of hydrogen-bond acceptors (Lipinski definition) is 3. The van der Waals surface area contributed by atoms with Crippen LogP contribution in [-0.2, 0) is 9.84 Å². The van der Waals surface area contributed by atoms with Gasteiger partial charge in [-0.3, -0.25) is 0 Å². The van der Waals surface area contributed by atoms with Crippen molar-refractivity contribution in [1.29, 1.82) is 0 Å². The minimum Gasteiger partial charge on any atom is -0.363 e. The van der Waals surface area contributed by atoms with Crippen LogP contribution < -0.4 is 10.6 Å². The Bertz CT molecular complexity index is 328. The van der Waals surface area contributed by atoms with Gasteiger partial charge in [-0.2, -0.15) is 0 Å². The van der Waals surface area contributed by atoms with E-state index in [4.69, 9.17) is 12.2 Å². The molecule has 6 heteroatoms. The van der Waals surface area contributed by atoms with Gasteiger partial charge < -0.3 is 10.6 Å². The lowest BCUT2D eigenvalue weighted by Crippen LogP contribution is -2.47. The highest BCUT2D eigenvalue weighted by Gasteiger charge is 2.24. The molecular formula is C10H20N2O2S2. The lowest BCUT2D eigenvalue weighted by molar-refractivity contribution is 0.529. The molecule has 1 aliphatic rings. The van der Waals surface area contributed by atoms with Gasteiger partial charge in [0.25, 0.3) is 0 Å². The standard InChI is InChI=1S/C10H20N2O2S2/c1-2-3-6-11-10(15)12-9-5-4-7-16(13,14)8-9/h9H,2-8H2,1H3,(H2,11,12,15). The highest BCUT2D eigenvalue weighted by atomic mass is 32.2. The van der Waals surface area contributed by atoms with Crippen LogP contribution in [0.5, 0.6) is 0 Å². The molecule has 0 aromatic heterocycles. The lowest BCUT2D eigenvalue weighted by atomic mass is 10.2. The smallest absolute Gasteiger partial charge is 0.166 e. The molecule has 1 atom stereocenters. The Labute approximate surface area is 103 Å². The number of nitrogens with one attached hydrogen (secondary N) is 2. The molecule has 1 fully saturated rings. The maximum absolute atomic E-state index is 11.4. The Hall–Kier alpha value is -0.360. The molecule has 0 amide bonds. The minimum atomic E-state index is -2.85. The van der Waals surface area contributed by atoms with Gasteiger partial charge in [-0.05, 0) is 31.5 Å². The summed E-state index contributed by atoms with van der Waals surface area (Å²) < 4.78 is 22.8. The summed E-state index contributed by atoms with van der Waals surface area (Å²) in [4.78, 5) is 0. The van der Waals surface area contributed by atoms with Gasteiger partial charge in [-0.1, -0.05) is 13.3 Å². The highest BCUT2D eigenvalue weighted by molar-refractivity contribution is 7.91. The molecule has 0 saturated carbocycles. The van der Waals surface area contributed by atoms with Crippen molar-refractivity contribution in [3.63, 3.8) is 0 Å². The second kappa shape index (κ2) is 6.39. The maximum Gasteiger partial charge on any atom is 0.166 e. The van der Waals surface area contributed by atoms with Crippen LogP contribution in [0.3, 0.4) is 0 Å². The summed E-state index contributed by atoms with van der Waals surface area (Å²) in [6.07, 6.45) is 3.81. The van der Waals surface area contributed by atoms with E-state index in [1.165, 1.54) is 0 Å². The number of unbranched alkanes of at least 4 members (excludes halogenated alkanes) is 1. The molecular weight excluding hydrogens is 244 g/mol. The van der Waals surface area contributed by atoms with Crippen LogP contribution >= 0.6 is 12.2 Å². The Morgan fingerprint density at radius 3 is 2.88 bits per heavy atom. The van der Waals surface area contributed by atoms with Crippen LogP contribution in [0, 0.1) is 0 Å². The zero-order valence-electron chi connectivity index (χ0n) is 9.66. The van der Waals surface area contributed by atoms with Gasteiger partial charge in [0.05, 0.1) is 11.5 Å². The van der Waals surface area contributed by atoms with Crippen LogP contribution in [0.15, 0.2) is 0 Å². The summed E-state index contributed by atoms with van der Waals surface area (Å²) in [6.45, 7) is 2.97. The number of hydrogen-bond donors (Lipinski definition) is 2. The van der Waals surface area contributed by atoms with Gasteiger partial charge in [-0.25, -0.2) is 8.42 Å². The molecule has 0 aliphatic carbocycles. The third kappa shape index (κ3) is 5.12. The minimum absolute atomic E-state index is 0.0135. The van der Waals surface area contributed by atoms with Crippen molar-refractivity contribution in [2.45, 2.75) is 38.6 Å². The Morgan fingerprint density at radius 1 is 1.50 bits per heavy atom. The van der Waals surface area contributed by atoms with Crippen molar-refractivity contribution in [3.05, 3.63) is 0 Å². The van der Waals surface area contributed by atoms with Crippen LogP contribution in [0.4, 0.5) is 0 Å². The third-order valence-corrected chi connectivity index (χ3v) is 4.70. The highest BCUT2D eigenvalue weighted by Crippen LogP contribution is 2.11. The molecule has 1 saturated heterocycles. The maximum atomic E-state index is 11.4. The molecule has 2 N–H and O–H groups in total. The normalized spacial score (nSPS) is 23.7. The number of thiocarbonyl (C=S) groups is 1. The van der Waals surface area contributed by atoms with E-state index in [1.807, 2.05) is 0 Å². The quantitative estimate of drug-likeness (QED) is 0.582. The Balaban J connectivity index is 2.28. The summed E-state index contributed by atoms with van der Waals surface area (Å²) in [5.74, 6) is 0.532. The molecule has 94 valence electrons. The SMILES string of the molecule is CCCCNC(=S)NC1CCCS(=O)(=O)C1. The van der Waals surface area contributed by atoms with E-state index in [0.29, 0.717) is 10.9 Å². The van der Waals surface area contributed by atoms with Gasteiger partial charge in [0.15, 0.2) is 14.9 Å². The molecule has 0 spiro atoms. The lowest BCUT2D eigenvalue weighted by Gasteiger charge is -2.24. The fourth-order valence-corrected chi connectivity index (χ4v) is 3.66. The molecule has 0 radical (unpaired) electrons. The summed E-state index contributed by atoms with van der Waals surface area (Å²) in [6, 6.07) is -0.0135. The van der Waals surface area contributed by atoms with Crippen LogP contribution in [0.25, 0.3) is 0 Å². The molecule has 0 bridgehead atoms. The predicted molar refractivity (Wildman–Crippen MR) is 70.3 cm³/mol. The largest absolute Gasteiger partial charge is 0.363 e. The van der Waals surface area contributed by atoms with Crippen molar-refractivity contribution in [2.75, 3.05) is 18.1 Å². The van der Waals surface area contributed by atoms with Crippen molar-refractivity contribution in [3.8, 4) is 0 Å². The topological polar surface area (TPSA) is 58.2 Å². The molecule has 4 nitrogen and oxygen atoms in total. The predicted octanol–water partition coefficient (Wildman–Crippen LogP) is 0.828. The summed E-state index contributed by atoms with van der Waals surface area (Å²) >= 11 is 5.11. The van der Waals surface area contributed by atoms with Gasteiger partial charge in [0, 0.05) is 12.6 Å². The van der Waals surface area contributed by atoms with Crippen LogP contribution in [0.2, 0.25) is 0 Å². The molecule has 0 aromatic rings. The Morgan fingerprint density at radius 2 is 2.25 bits per heavy atom. The average molecular weight is 264 g/mol. The van der Waals surface area contributed by atoms with Crippen molar-refractivity contribution < 1.29 is 8.42 Å². The van der Waals surface area contributed by atoms with E-state index in [-0.39, 0.29) is 11.8 Å². The van der Waals surface area contributed by atoms with E-state index < -0.39 is 9.84 Å². The summed E-state index contributed by atoms with van der Waals surface area (Å²) in [5, 5.41) is 6.74. The van der Waals surface area contributed by atoms with Gasteiger partial charge in [0.2, 0.25) is 0 Å². The van der Waals surface area contributed by atoms with E-state index in [0.717, 1.165) is 32.2 Å². The molecule has 1 rings (SSSR count). The van der Waals surface area contributed by atoms with E-state index in [1.54, 1.807) is 0 Å². The van der Waals surface area contributed by atoms with Crippen LogP contribution in [-0.4, -0.2) is 37.6 Å². The third-order valence-electron chi connectivity index (χ3n) is 2.61. The zero-order valence-corrected chi connectivity index (χ0v) is 11.3. The van der Waals surface area contributed by atoms with Crippen LogP contribution in [0.1, 0.15) is 32.6 Å². The summed E-state index contributed by atoms with van der Waals surface area (Å²) in [7, 11) is -2.85. The fourth-order valence-electron chi connectivity index (χ4n) is 1.75. The average Bonchev–Trinajstić information content (AvgIpc) is 2.16.